The van der Waals surface area contributed by atoms with Crippen molar-refractivity contribution in [3.63, 3.8) is 0 Å². The first-order valence-corrected chi connectivity index (χ1v) is 10.9. The van der Waals surface area contributed by atoms with Crippen LogP contribution in [-0.4, -0.2) is 44.0 Å². The maximum Gasteiger partial charge on any atom is 0.279 e. The number of methoxy groups -OCH3 is 1. The van der Waals surface area contributed by atoms with Crippen molar-refractivity contribution in [3.05, 3.63) is 35.0 Å². The Balaban J connectivity index is 1.45. The highest BCUT2D eigenvalue weighted by Crippen LogP contribution is 2.29. The summed E-state index contributed by atoms with van der Waals surface area (Å²) in [5.74, 6) is 0. The van der Waals surface area contributed by atoms with E-state index >= 15 is 0 Å². The summed E-state index contributed by atoms with van der Waals surface area (Å²) in [6.07, 6.45) is 6.37. The summed E-state index contributed by atoms with van der Waals surface area (Å²) in [6, 6.07) is 6.21. The summed E-state index contributed by atoms with van der Waals surface area (Å²) in [4.78, 5) is 3.52. The lowest BCUT2D eigenvalue weighted by atomic mass is 9.95. The van der Waals surface area contributed by atoms with Crippen LogP contribution in [0.15, 0.2) is 18.2 Å². The molecule has 0 unspecified atom stereocenters. The number of aryl methyl sites for hydroxylation is 2. The zero-order valence-corrected chi connectivity index (χ0v) is 16.1. The first-order valence-electron chi connectivity index (χ1n) is 9.47. The van der Waals surface area contributed by atoms with Gasteiger partial charge < -0.3 is 9.72 Å². The molecule has 1 aromatic carbocycles. The Bertz CT molecular complexity index is 883. The number of aromatic nitrogens is 1. The fourth-order valence-corrected chi connectivity index (χ4v) is 5.36. The number of H-pyrrole nitrogens is 1. The number of aromatic amines is 1. The van der Waals surface area contributed by atoms with E-state index in [4.69, 9.17) is 4.74 Å². The van der Waals surface area contributed by atoms with Crippen LogP contribution in [0.2, 0.25) is 0 Å². The number of rotatable bonds is 5. The Morgan fingerprint density at radius 2 is 2.00 bits per heavy atom. The van der Waals surface area contributed by atoms with E-state index in [1.165, 1.54) is 33.8 Å². The van der Waals surface area contributed by atoms with Gasteiger partial charge in [0.1, 0.15) is 0 Å². The summed E-state index contributed by atoms with van der Waals surface area (Å²) < 4.78 is 34.7. The topological polar surface area (TPSA) is 74.4 Å². The minimum atomic E-state index is -3.45. The van der Waals surface area contributed by atoms with E-state index in [9.17, 15) is 8.42 Å². The van der Waals surface area contributed by atoms with Gasteiger partial charge in [0, 0.05) is 43.3 Å². The molecular formula is C19H27N3O3S. The highest BCUT2D eigenvalue weighted by atomic mass is 32.2. The number of ether oxygens (including phenoxy) is 1. The molecule has 0 radical (unpaired) electrons. The van der Waals surface area contributed by atoms with Crippen LogP contribution in [0.3, 0.4) is 0 Å². The smallest absolute Gasteiger partial charge is 0.279 e. The molecule has 1 aliphatic carbocycles. The van der Waals surface area contributed by atoms with Crippen LogP contribution < -0.4 is 4.72 Å². The van der Waals surface area contributed by atoms with Crippen molar-refractivity contribution >= 4 is 21.1 Å². The van der Waals surface area contributed by atoms with E-state index in [0.717, 1.165) is 36.8 Å². The highest BCUT2D eigenvalue weighted by Gasteiger charge is 2.27. The third kappa shape index (κ3) is 3.53. The zero-order chi connectivity index (χ0) is 18.1. The molecule has 0 spiro atoms. The fourth-order valence-electron chi connectivity index (χ4n) is 4.14. The van der Waals surface area contributed by atoms with Crippen molar-refractivity contribution in [2.75, 3.05) is 20.2 Å². The average Bonchev–Trinajstić information content (AvgIpc) is 3.04. The second-order valence-corrected chi connectivity index (χ2v) is 9.08. The van der Waals surface area contributed by atoms with E-state index in [1.807, 2.05) is 6.07 Å². The molecule has 1 fully saturated rings. The molecule has 0 atom stereocenters. The second-order valence-electron chi connectivity index (χ2n) is 7.33. The Labute approximate surface area is 155 Å². The van der Waals surface area contributed by atoms with E-state index in [0.29, 0.717) is 19.6 Å². The van der Waals surface area contributed by atoms with Crippen LogP contribution >= 0.6 is 0 Å². The van der Waals surface area contributed by atoms with Gasteiger partial charge in [0.2, 0.25) is 0 Å². The molecule has 0 amide bonds. The Morgan fingerprint density at radius 1 is 1.23 bits per heavy atom. The summed E-state index contributed by atoms with van der Waals surface area (Å²) in [7, 11) is -1.77. The molecule has 2 aliphatic rings. The first-order chi connectivity index (χ1) is 12.6. The van der Waals surface area contributed by atoms with Gasteiger partial charge in [-0.15, -0.1) is 0 Å². The highest BCUT2D eigenvalue weighted by molar-refractivity contribution is 7.87. The molecule has 142 valence electrons. The second kappa shape index (κ2) is 7.31. The molecule has 4 rings (SSSR count). The number of piperidine rings is 1. The summed E-state index contributed by atoms with van der Waals surface area (Å²) >= 11 is 0. The zero-order valence-electron chi connectivity index (χ0n) is 15.3. The van der Waals surface area contributed by atoms with E-state index in [-0.39, 0.29) is 6.10 Å². The van der Waals surface area contributed by atoms with E-state index < -0.39 is 10.2 Å². The number of nitrogens with zero attached hydrogens (tertiary/aromatic N) is 1. The lowest BCUT2D eigenvalue weighted by molar-refractivity contribution is 0.0602. The lowest BCUT2D eigenvalue weighted by Crippen LogP contribution is -2.46. The van der Waals surface area contributed by atoms with Gasteiger partial charge in [-0.25, -0.2) is 0 Å². The summed E-state index contributed by atoms with van der Waals surface area (Å²) in [5.41, 5.74) is 4.92. The standard InChI is InChI=1S/C19H27N3O3S/c1-25-15-8-10-22(11-9-15)26(23,24)20-13-14-6-7-19-17(12-14)16-4-2-3-5-18(16)21-19/h6-7,12,15,20-21H,2-5,8-11,13H2,1H3. The Hall–Kier alpha value is -1.41. The number of hydrogen-bond donors (Lipinski definition) is 2. The molecular weight excluding hydrogens is 350 g/mol. The van der Waals surface area contributed by atoms with Crippen molar-refractivity contribution in [1.29, 1.82) is 0 Å². The molecule has 0 saturated carbocycles. The van der Waals surface area contributed by atoms with Crippen molar-refractivity contribution in [2.45, 2.75) is 51.2 Å². The molecule has 1 saturated heterocycles. The van der Waals surface area contributed by atoms with Crippen molar-refractivity contribution in [2.24, 2.45) is 0 Å². The summed E-state index contributed by atoms with van der Waals surface area (Å²) in [6.45, 7) is 1.35. The average molecular weight is 378 g/mol. The molecule has 26 heavy (non-hydrogen) atoms. The Kier molecular flexibility index (Phi) is 5.05. The molecule has 6 nitrogen and oxygen atoms in total. The van der Waals surface area contributed by atoms with Crippen LogP contribution in [0.5, 0.6) is 0 Å². The number of benzene rings is 1. The van der Waals surface area contributed by atoms with Crippen molar-refractivity contribution in [3.8, 4) is 0 Å². The SMILES string of the molecule is COC1CCN(S(=O)(=O)NCc2ccc3[nH]c4c(c3c2)CCCC4)CC1. The number of fused-ring (bicyclic) bond motifs is 3. The fraction of sp³-hybridized carbons (Fsp3) is 0.579. The molecule has 1 aromatic heterocycles. The van der Waals surface area contributed by atoms with Crippen LogP contribution in [0.25, 0.3) is 10.9 Å². The van der Waals surface area contributed by atoms with Gasteiger partial charge in [-0.2, -0.15) is 17.4 Å². The molecule has 2 heterocycles. The van der Waals surface area contributed by atoms with Crippen LogP contribution in [0, 0.1) is 0 Å². The maximum atomic E-state index is 12.6. The van der Waals surface area contributed by atoms with Gasteiger partial charge in [0.25, 0.3) is 10.2 Å². The predicted molar refractivity (Wildman–Crippen MR) is 102 cm³/mol. The lowest BCUT2D eigenvalue weighted by Gasteiger charge is -2.30. The minimum Gasteiger partial charge on any atom is -0.381 e. The number of hydrogen-bond acceptors (Lipinski definition) is 3. The van der Waals surface area contributed by atoms with Crippen molar-refractivity contribution < 1.29 is 13.2 Å². The molecule has 1 aliphatic heterocycles. The van der Waals surface area contributed by atoms with Crippen LogP contribution in [0.4, 0.5) is 0 Å². The third-order valence-corrected chi connectivity index (χ3v) is 7.25. The third-order valence-electron chi connectivity index (χ3n) is 5.70. The largest absolute Gasteiger partial charge is 0.381 e. The predicted octanol–water partition coefficient (Wildman–Crippen LogP) is 2.49. The molecule has 2 aromatic rings. The normalized spacial score (nSPS) is 19.7. The van der Waals surface area contributed by atoms with Gasteiger partial charge in [-0.1, -0.05) is 6.07 Å². The van der Waals surface area contributed by atoms with E-state index in [2.05, 4.69) is 21.8 Å². The molecule has 7 heteroatoms. The molecule has 2 N–H and O–H groups in total. The monoisotopic (exact) mass is 377 g/mol. The Morgan fingerprint density at radius 3 is 2.77 bits per heavy atom. The van der Waals surface area contributed by atoms with Crippen molar-refractivity contribution in [1.82, 2.24) is 14.0 Å². The quantitative estimate of drug-likeness (QED) is 0.841. The van der Waals surface area contributed by atoms with Crippen LogP contribution in [0.1, 0.15) is 42.5 Å². The molecule has 0 bridgehead atoms. The van der Waals surface area contributed by atoms with Gasteiger partial charge in [0.05, 0.1) is 6.10 Å². The van der Waals surface area contributed by atoms with Gasteiger partial charge in [0.15, 0.2) is 0 Å². The van der Waals surface area contributed by atoms with Gasteiger partial charge >= 0.3 is 0 Å². The first kappa shape index (κ1) is 18.0. The van der Waals surface area contributed by atoms with Gasteiger partial charge in [-0.3, -0.25) is 0 Å². The minimum absolute atomic E-state index is 0.170. The van der Waals surface area contributed by atoms with Crippen LogP contribution in [-0.2, 0) is 34.3 Å². The number of nitrogens with one attached hydrogen (secondary N) is 2. The van der Waals surface area contributed by atoms with Gasteiger partial charge in [-0.05, 0) is 61.8 Å². The summed E-state index contributed by atoms with van der Waals surface area (Å²) in [5, 5.41) is 1.25. The van der Waals surface area contributed by atoms with E-state index in [1.54, 1.807) is 7.11 Å². The maximum absolute atomic E-state index is 12.6.